The Morgan fingerprint density at radius 3 is 2.89 bits per heavy atom. The number of anilines is 1. The molecule has 0 saturated carbocycles. The third kappa shape index (κ3) is 2.68. The third-order valence-electron chi connectivity index (χ3n) is 2.84. The molecule has 0 aliphatic carbocycles. The van der Waals surface area contributed by atoms with E-state index in [2.05, 4.69) is 34.6 Å². The molecule has 4 N–H and O–H groups in total. The van der Waals surface area contributed by atoms with Gasteiger partial charge in [0.25, 0.3) is 5.91 Å². The summed E-state index contributed by atoms with van der Waals surface area (Å²) in [4.78, 5) is 11.7. The van der Waals surface area contributed by atoms with Gasteiger partial charge < -0.3 is 11.1 Å². The highest BCUT2D eigenvalue weighted by molar-refractivity contribution is 5.96. The highest BCUT2D eigenvalue weighted by Gasteiger charge is 2.10. The van der Waals surface area contributed by atoms with Crippen molar-refractivity contribution in [3.63, 3.8) is 0 Å². The molecule has 1 aromatic carbocycles. The van der Waals surface area contributed by atoms with E-state index in [1.165, 1.54) is 17.3 Å². The average molecular weight is 244 g/mol. The number of nitrogen functional groups attached to an aromatic ring is 1. The van der Waals surface area contributed by atoms with Gasteiger partial charge in [-0.15, -0.1) is 0 Å². The number of H-pyrrole nitrogens is 1. The van der Waals surface area contributed by atoms with Crippen LogP contribution in [0, 0.1) is 6.92 Å². The molecule has 0 fully saturated rings. The van der Waals surface area contributed by atoms with Crippen LogP contribution in [-0.4, -0.2) is 22.6 Å². The van der Waals surface area contributed by atoms with Gasteiger partial charge in [0.15, 0.2) is 0 Å². The van der Waals surface area contributed by atoms with E-state index in [1.807, 2.05) is 12.1 Å². The molecule has 94 valence electrons. The van der Waals surface area contributed by atoms with Crippen molar-refractivity contribution in [2.75, 3.05) is 12.3 Å². The topological polar surface area (TPSA) is 83.8 Å². The number of amides is 1. The minimum Gasteiger partial charge on any atom is -0.396 e. The van der Waals surface area contributed by atoms with Crippen LogP contribution in [0.15, 0.2) is 30.5 Å². The Hall–Kier alpha value is -2.30. The maximum atomic E-state index is 11.7. The summed E-state index contributed by atoms with van der Waals surface area (Å²) in [6, 6.07) is 8.12. The van der Waals surface area contributed by atoms with Crippen LogP contribution in [0.2, 0.25) is 0 Å². The lowest BCUT2D eigenvalue weighted by atomic mass is 10.1. The number of nitrogens with zero attached hydrogens (tertiary/aromatic N) is 1. The van der Waals surface area contributed by atoms with Crippen LogP contribution in [-0.2, 0) is 6.42 Å². The molecule has 18 heavy (non-hydrogen) atoms. The van der Waals surface area contributed by atoms with Gasteiger partial charge in [-0.05, 0) is 24.5 Å². The Bertz CT molecular complexity index is 547. The van der Waals surface area contributed by atoms with E-state index in [0.29, 0.717) is 17.9 Å². The fraction of sp³-hybridized carbons (Fsp3) is 0.231. The number of rotatable bonds is 4. The summed E-state index contributed by atoms with van der Waals surface area (Å²) in [5.41, 5.74) is 8.74. The highest BCUT2D eigenvalue weighted by Crippen LogP contribution is 2.08. The molecular formula is C13H16N4O. The number of carbonyl (C=O) groups is 1. The number of benzene rings is 1. The highest BCUT2D eigenvalue weighted by atomic mass is 16.1. The van der Waals surface area contributed by atoms with Gasteiger partial charge in [-0.3, -0.25) is 9.89 Å². The van der Waals surface area contributed by atoms with E-state index < -0.39 is 0 Å². The molecule has 2 aromatic rings. The lowest BCUT2D eigenvalue weighted by Gasteiger charge is -2.06. The van der Waals surface area contributed by atoms with Crippen molar-refractivity contribution >= 4 is 11.6 Å². The number of nitrogens with one attached hydrogen (secondary N) is 2. The van der Waals surface area contributed by atoms with Crippen molar-refractivity contribution in [1.82, 2.24) is 15.5 Å². The van der Waals surface area contributed by atoms with Gasteiger partial charge in [0, 0.05) is 6.54 Å². The number of hydrogen-bond donors (Lipinski definition) is 3. The third-order valence-corrected chi connectivity index (χ3v) is 2.84. The molecule has 1 heterocycles. The Labute approximate surface area is 105 Å². The molecule has 0 aliphatic heterocycles. The van der Waals surface area contributed by atoms with E-state index in [9.17, 15) is 4.79 Å². The van der Waals surface area contributed by atoms with Gasteiger partial charge in [-0.1, -0.05) is 24.3 Å². The number of aromatic nitrogens is 2. The van der Waals surface area contributed by atoms with Crippen LogP contribution in [0.5, 0.6) is 0 Å². The summed E-state index contributed by atoms with van der Waals surface area (Å²) in [7, 11) is 0. The van der Waals surface area contributed by atoms with Gasteiger partial charge in [-0.25, -0.2) is 0 Å². The predicted octanol–water partition coefficient (Wildman–Crippen LogP) is 1.27. The Morgan fingerprint density at radius 1 is 1.44 bits per heavy atom. The summed E-state index contributed by atoms with van der Waals surface area (Å²) in [6.07, 6.45) is 2.22. The van der Waals surface area contributed by atoms with Gasteiger partial charge >= 0.3 is 0 Å². The molecule has 1 aromatic heterocycles. The van der Waals surface area contributed by atoms with Crippen molar-refractivity contribution in [1.29, 1.82) is 0 Å². The van der Waals surface area contributed by atoms with Crippen LogP contribution in [0.3, 0.4) is 0 Å². The smallest absolute Gasteiger partial charge is 0.271 e. The van der Waals surface area contributed by atoms with Gasteiger partial charge in [0.1, 0.15) is 5.69 Å². The summed E-state index contributed by atoms with van der Waals surface area (Å²) < 4.78 is 0. The van der Waals surface area contributed by atoms with Crippen LogP contribution >= 0.6 is 0 Å². The second-order valence-electron chi connectivity index (χ2n) is 4.13. The normalized spacial score (nSPS) is 10.3. The van der Waals surface area contributed by atoms with Crippen LogP contribution in [0.1, 0.15) is 21.6 Å². The van der Waals surface area contributed by atoms with E-state index in [4.69, 9.17) is 5.73 Å². The minimum atomic E-state index is -0.224. The summed E-state index contributed by atoms with van der Waals surface area (Å²) >= 11 is 0. The van der Waals surface area contributed by atoms with Crippen molar-refractivity contribution in [3.8, 4) is 0 Å². The average Bonchev–Trinajstić information content (AvgIpc) is 2.78. The molecule has 0 atom stereocenters. The summed E-state index contributed by atoms with van der Waals surface area (Å²) in [6.45, 7) is 2.63. The first-order valence-electron chi connectivity index (χ1n) is 5.80. The van der Waals surface area contributed by atoms with Crippen molar-refractivity contribution in [2.45, 2.75) is 13.3 Å². The number of hydrogen-bond acceptors (Lipinski definition) is 3. The van der Waals surface area contributed by atoms with Gasteiger partial charge in [0.2, 0.25) is 0 Å². The molecule has 2 rings (SSSR count). The van der Waals surface area contributed by atoms with Crippen LogP contribution in [0.25, 0.3) is 0 Å². The van der Waals surface area contributed by atoms with Crippen LogP contribution < -0.4 is 11.1 Å². The summed E-state index contributed by atoms with van der Waals surface area (Å²) in [5, 5.41) is 9.10. The quantitative estimate of drug-likeness (QED) is 0.757. The zero-order valence-corrected chi connectivity index (χ0v) is 10.2. The number of aromatic amines is 1. The molecule has 0 saturated heterocycles. The second kappa shape index (κ2) is 5.35. The molecule has 0 aliphatic rings. The fourth-order valence-corrected chi connectivity index (χ4v) is 1.77. The van der Waals surface area contributed by atoms with Crippen LogP contribution in [0.4, 0.5) is 5.69 Å². The molecule has 5 nitrogen and oxygen atoms in total. The molecule has 0 spiro atoms. The molecular weight excluding hydrogens is 228 g/mol. The molecule has 0 bridgehead atoms. The molecule has 0 unspecified atom stereocenters. The number of aryl methyl sites for hydroxylation is 1. The molecule has 5 heteroatoms. The monoisotopic (exact) mass is 244 g/mol. The van der Waals surface area contributed by atoms with E-state index in [1.54, 1.807) is 0 Å². The lowest BCUT2D eigenvalue weighted by Crippen LogP contribution is -2.26. The Balaban J connectivity index is 1.88. The standard InChI is InChI=1S/C13H16N4O/c1-9-4-2-3-5-10(9)6-7-15-13(18)12-11(14)8-16-17-12/h2-5,8H,6-7,14H2,1H3,(H,15,18)(H,16,17). The zero-order valence-electron chi connectivity index (χ0n) is 10.2. The zero-order chi connectivity index (χ0) is 13.0. The maximum Gasteiger partial charge on any atom is 0.271 e. The predicted molar refractivity (Wildman–Crippen MR) is 70.2 cm³/mol. The Kier molecular flexibility index (Phi) is 3.62. The van der Waals surface area contributed by atoms with Crippen molar-refractivity contribution in [2.24, 2.45) is 0 Å². The first-order valence-corrected chi connectivity index (χ1v) is 5.80. The van der Waals surface area contributed by atoms with Gasteiger partial charge in [-0.2, -0.15) is 5.10 Å². The number of carbonyl (C=O) groups excluding carboxylic acids is 1. The lowest BCUT2D eigenvalue weighted by molar-refractivity contribution is 0.0950. The Morgan fingerprint density at radius 2 is 2.22 bits per heavy atom. The summed E-state index contributed by atoms with van der Waals surface area (Å²) in [5.74, 6) is -0.224. The van der Waals surface area contributed by atoms with Crippen molar-refractivity contribution < 1.29 is 4.79 Å². The first kappa shape index (κ1) is 12.2. The maximum absolute atomic E-state index is 11.7. The largest absolute Gasteiger partial charge is 0.396 e. The second-order valence-corrected chi connectivity index (χ2v) is 4.13. The van der Waals surface area contributed by atoms with E-state index >= 15 is 0 Å². The first-order chi connectivity index (χ1) is 8.68. The molecule has 0 radical (unpaired) electrons. The van der Waals surface area contributed by atoms with E-state index in [-0.39, 0.29) is 5.91 Å². The fourth-order valence-electron chi connectivity index (χ4n) is 1.77. The number of nitrogens with two attached hydrogens (primary N) is 1. The van der Waals surface area contributed by atoms with E-state index in [0.717, 1.165) is 6.42 Å². The molecule has 1 amide bonds. The van der Waals surface area contributed by atoms with Gasteiger partial charge in [0.05, 0.1) is 11.9 Å². The van der Waals surface area contributed by atoms with Crippen molar-refractivity contribution in [3.05, 3.63) is 47.3 Å². The SMILES string of the molecule is Cc1ccccc1CCNC(=O)c1[nH]ncc1N. The minimum absolute atomic E-state index is 0.224.